The van der Waals surface area contributed by atoms with Gasteiger partial charge in [-0.15, -0.1) is 0 Å². The molecule has 4 heteroatoms. The molecule has 0 saturated carbocycles. The summed E-state index contributed by atoms with van der Waals surface area (Å²) in [6.07, 6.45) is 0.0663. The minimum atomic E-state index is -1.31. The monoisotopic (exact) mass is 156 g/mol. The lowest BCUT2D eigenvalue weighted by Gasteiger charge is -2.03. The van der Waals surface area contributed by atoms with E-state index in [9.17, 15) is 4.79 Å². The first-order chi connectivity index (χ1) is 5.25. The smallest absolute Gasteiger partial charge is 0.342 e. The zero-order chi connectivity index (χ0) is 8.27. The van der Waals surface area contributed by atoms with Crippen LogP contribution in [-0.4, -0.2) is 18.2 Å². The average Bonchev–Trinajstić information content (AvgIpc) is 2.53. The summed E-state index contributed by atoms with van der Waals surface area (Å²) in [4.78, 5) is 10.7. The summed E-state index contributed by atoms with van der Waals surface area (Å²) in [5.74, 6) is -0.531. The van der Waals surface area contributed by atoms with Crippen molar-refractivity contribution in [3.8, 4) is 0 Å². The molecule has 1 rings (SSSR count). The molecule has 1 heterocycles. The second kappa shape index (κ2) is 3.21. The molecule has 0 aromatic carbocycles. The number of aliphatic hydroxyl groups excluding tert-OH is 1. The molecule has 0 spiro atoms. The van der Waals surface area contributed by atoms with E-state index in [4.69, 9.17) is 9.52 Å². The summed E-state index contributed by atoms with van der Waals surface area (Å²) in [6, 6.07) is 3.09. The Labute approximate surface area is 63.4 Å². The zero-order valence-corrected chi connectivity index (χ0v) is 5.98. The van der Waals surface area contributed by atoms with E-state index < -0.39 is 12.1 Å². The van der Waals surface area contributed by atoms with Gasteiger partial charge in [-0.1, -0.05) is 0 Å². The lowest BCUT2D eigenvalue weighted by molar-refractivity contribution is -0.151. The average molecular weight is 156 g/mol. The fourth-order valence-electron chi connectivity index (χ4n) is 0.675. The number of aliphatic hydroxyl groups is 1. The first-order valence-corrected chi connectivity index (χ1v) is 3.05. The van der Waals surface area contributed by atoms with Crippen LogP contribution >= 0.6 is 0 Å². The quantitative estimate of drug-likeness (QED) is 0.633. The molecule has 0 aliphatic carbocycles. The molecule has 0 unspecified atom stereocenters. The summed E-state index contributed by atoms with van der Waals surface area (Å²) in [5, 5.41) is 9.11. The Morgan fingerprint density at radius 3 is 3.00 bits per heavy atom. The van der Waals surface area contributed by atoms with Crippen LogP contribution in [0.3, 0.4) is 0 Å². The second-order valence-corrected chi connectivity index (χ2v) is 1.94. The molecule has 0 aliphatic heterocycles. The number of ether oxygens (including phenoxy) is 1. The lowest BCUT2D eigenvalue weighted by atomic mass is 10.3. The predicted octanol–water partition coefficient (Wildman–Crippen LogP) is 0.486. The molecule has 0 saturated heterocycles. The Hall–Kier alpha value is -1.29. The van der Waals surface area contributed by atoms with Crippen LogP contribution in [-0.2, 0) is 9.53 Å². The van der Waals surface area contributed by atoms with Gasteiger partial charge in [0.15, 0.2) is 0 Å². The molecule has 0 fully saturated rings. The van der Waals surface area contributed by atoms with Gasteiger partial charge in [-0.2, -0.15) is 0 Å². The topological polar surface area (TPSA) is 59.7 Å². The Kier molecular flexibility index (Phi) is 2.28. The van der Waals surface area contributed by atoms with Crippen molar-refractivity contribution in [1.82, 2.24) is 0 Å². The number of esters is 1. The van der Waals surface area contributed by atoms with Gasteiger partial charge in [-0.25, -0.2) is 4.79 Å². The third-order valence-electron chi connectivity index (χ3n) is 1.24. The van der Waals surface area contributed by atoms with Crippen LogP contribution < -0.4 is 0 Å². The normalized spacial score (nSPS) is 12.5. The Morgan fingerprint density at radius 1 is 1.82 bits per heavy atom. The minimum Gasteiger partial charge on any atom is -0.467 e. The fourth-order valence-corrected chi connectivity index (χ4v) is 0.675. The maximum atomic E-state index is 10.7. The SMILES string of the molecule is COC(=O)[C@@H](O)c1ccco1. The van der Waals surface area contributed by atoms with Gasteiger partial charge in [0, 0.05) is 0 Å². The second-order valence-electron chi connectivity index (χ2n) is 1.94. The van der Waals surface area contributed by atoms with Gasteiger partial charge in [-0.3, -0.25) is 0 Å². The van der Waals surface area contributed by atoms with Crippen LogP contribution in [0.1, 0.15) is 11.9 Å². The van der Waals surface area contributed by atoms with Gasteiger partial charge in [-0.05, 0) is 12.1 Å². The van der Waals surface area contributed by atoms with Gasteiger partial charge in [0.1, 0.15) is 5.76 Å². The number of hydrogen-bond acceptors (Lipinski definition) is 4. The van der Waals surface area contributed by atoms with E-state index in [0.717, 1.165) is 0 Å². The highest BCUT2D eigenvalue weighted by molar-refractivity contribution is 5.75. The molecule has 0 aliphatic rings. The van der Waals surface area contributed by atoms with Crippen molar-refractivity contribution in [1.29, 1.82) is 0 Å². The van der Waals surface area contributed by atoms with Gasteiger partial charge in [0.05, 0.1) is 13.4 Å². The van der Waals surface area contributed by atoms with Crippen molar-refractivity contribution in [2.75, 3.05) is 7.11 Å². The van der Waals surface area contributed by atoms with E-state index in [1.54, 1.807) is 6.07 Å². The fraction of sp³-hybridized carbons (Fsp3) is 0.286. The maximum absolute atomic E-state index is 10.7. The third-order valence-corrected chi connectivity index (χ3v) is 1.24. The summed E-state index contributed by atoms with van der Waals surface area (Å²) in [7, 11) is 1.20. The van der Waals surface area contributed by atoms with E-state index in [1.165, 1.54) is 19.4 Å². The van der Waals surface area contributed by atoms with Crippen LogP contribution in [0.2, 0.25) is 0 Å². The number of carbonyl (C=O) groups excluding carboxylic acids is 1. The summed E-state index contributed by atoms with van der Waals surface area (Å²) in [5.41, 5.74) is 0. The van der Waals surface area contributed by atoms with E-state index in [-0.39, 0.29) is 5.76 Å². The number of hydrogen-bond donors (Lipinski definition) is 1. The highest BCUT2D eigenvalue weighted by Crippen LogP contribution is 2.13. The van der Waals surface area contributed by atoms with Crippen LogP contribution in [0.15, 0.2) is 22.8 Å². The van der Waals surface area contributed by atoms with E-state index in [1.807, 2.05) is 0 Å². The molecule has 1 aromatic rings. The summed E-state index contributed by atoms with van der Waals surface area (Å²) in [6.45, 7) is 0. The molecular weight excluding hydrogens is 148 g/mol. The highest BCUT2D eigenvalue weighted by atomic mass is 16.5. The van der Waals surface area contributed by atoms with Gasteiger partial charge in [0.25, 0.3) is 0 Å². The molecule has 0 amide bonds. The molecule has 1 atom stereocenters. The highest BCUT2D eigenvalue weighted by Gasteiger charge is 2.19. The number of rotatable bonds is 2. The van der Waals surface area contributed by atoms with E-state index in [2.05, 4.69) is 4.74 Å². The van der Waals surface area contributed by atoms with Crippen molar-refractivity contribution in [2.24, 2.45) is 0 Å². The van der Waals surface area contributed by atoms with Gasteiger partial charge >= 0.3 is 5.97 Å². The van der Waals surface area contributed by atoms with E-state index in [0.29, 0.717) is 0 Å². The molecule has 11 heavy (non-hydrogen) atoms. The van der Waals surface area contributed by atoms with Crippen molar-refractivity contribution < 1.29 is 19.1 Å². The zero-order valence-electron chi connectivity index (χ0n) is 5.98. The molecular formula is C7H8O4. The predicted molar refractivity (Wildman–Crippen MR) is 35.7 cm³/mol. The molecule has 0 bridgehead atoms. The molecule has 1 aromatic heterocycles. The molecule has 60 valence electrons. The standard InChI is InChI=1S/C7H8O4/c1-10-7(9)6(8)5-3-2-4-11-5/h2-4,6,8H,1H3/t6-/m0/s1. The Bertz CT molecular complexity index is 227. The number of carbonyl (C=O) groups is 1. The van der Waals surface area contributed by atoms with Crippen LogP contribution in [0.25, 0.3) is 0 Å². The van der Waals surface area contributed by atoms with Crippen molar-refractivity contribution >= 4 is 5.97 Å². The van der Waals surface area contributed by atoms with Crippen molar-refractivity contribution in [3.63, 3.8) is 0 Å². The summed E-state index contributed by atoms with van der Waals surface area (Å²) < 4.78 is 9.05. The minimum absolute atomic E-state index is 0.192. The molecule has 4 nitrogen and oxygen atoms in total. The number of furan rings is 1. The van der Waals surface area contributed by atoms with Crippen LogP contribution in [0, 0.1) is 0 Å². The molecule has 0 radical (unpaired) electrons. The van der Waals surface area contributed by atoms with Gasteiger partial charge < -0.3 is 14.3 Å². The van der Waals surface area contributed by atoms with Crippen LogP contribution in [0.5, 0.6) is 0 Å². The summed E-state index contributed by atoms with van der Waals surface area (Å²) >= 11 is 0. The van der Waals surface area contributed by atoms with Gasteiger partial charge in [0.2, 0.25) is 6.10 Å². The molecule has 1 N–H and O–H groups in total. The maximum Gasteiger partial charge on any atom is 0.342 e. The largest absolute Gasteiger partial charge is 0.467 e. The van der Waals surface area contributed by atoms with Crippen molar-refractivity contribution in [2.45, 2.75) is 6.10 Å². The number of methoxy groups -OCH3 is 1. The van der Waals surface area contributed by atoms with Crippen LogP contribution in [0.4, 0.5) is 0 Å². The Balaban J connectivity index is 2.70. The first-order valence-electron chi connectivity index (χ1n) is 3.05. The first kappa shape index (κ1) is 7.81. The third kappa shape index (κ3) is 1.59. The van der Waals surface area contributed by atoms with E-state index >= 15 is 0 Å². The Morgan fingerprint density at radius 2 is 2.55 bits per heavy atom. The van der Waals surface area contributed by atoms with Crippen molar-refractivity contribution in [3.05, 3.63) is 24.2 Å². The lowest BCUT2D eigenvalue weighted by Crippen LogP contribution is -2.12.